The van der Waals surface area contributed by atoms with E-state index >= 15 is 0 Å². The Balaban J connectivity index is 1.92. The van der Waals surface area contributed by atoms with Crippen molar-refractivity contribution in [3.63, 3.8) is 0 Å². The van der Waals surface area contributed by atoms with Crippen LogP contribution in [0.1, 0.15) is 5.69 Å². The third-order valence-corrected chi connectivity index (χ3v) is 2.17. The van der Waals surface area contributed by atoms with Crippen LogP contribution in [0.25, 0.3) is 0 Å². The average molecular weight is 285 g/mol. The molecule has 0 aliphatic rings. The van der Waals surface area contributed by atoms with Gasteiger partial charge in [0.15, 0.2) is 0 Å². The summed E-state index contributed by atoms with van der Waals surface area (Å²) in [5.74, 6) is 0.373. The molecule has 5 nitrogen and oxygen atoms in total. The lowest BCUT2D eigenvalue weighted by Crippen LogP contribution is -2.16. The highest BCUT2D eigenvalue weighted by Gasteiger charge is 2.30. The molecule has 0 bridgehead atoms. The number of anilines is 1. The molecule has 1 aromatic heterocycles. The lowest BCUT2D eigenvalue weighted by Gasteiger charge is -2.10. The molecule has 106 valence electrons. The molecule has 0 fully saturated rings. The van der Waals surface area contributed by atoms with Gasteiger partial charge >= 0.3 is 6.36 Å². The summed E-state index contributed by atoms with van der Waals surface area (Å²) in [6.45, 7) is 0.132. The second-order valence-corrected chi connectivity index (χ2v) is 3.74. The van der Waals surface area contributed by atoms with Gasteiger partial charge in [-0.15, -0.1) is 13.2 Å². The molecule has 0 saturated carbocycles. The fraction of sp³-hybridized carbons (Fsp3) is 0.167. The lowest BCUT2D eigenvalue weighted by atomic mass is 10.3. The SMILES string of the molecule is Nc1cnc(COc2ccc(OC(F)(F)F)cc2)cn1. The van der Waals surface area contributed by atoms with Crippen LogP contribution in [0.5, 0.6) is 11.5 Å². The van der Waals surface area contributed by atoms with Crippen LogP contribution in [0.4, 0.5) is 19.0 Å². The van der Waals surface area contributed by atoms with Crippen molar-refractivity contribution >= 4 is 5.82 Å². The Labute approximate surface area is 112 Å². The third-order valence-electron chi connectivity index (χ3n) is 2.17. The van der Waals surface area contributed by atoms with Crippen molar-refractivity contribution in [2.45, 2.75) is 13.0 Å². The van der Waals surface area contributed by atoms with Crippen LogP contribution in [-0.2, 0) is 6.61 Å². The highest BCUT2D eigenvalue weighted by Crippen LogP contribution is 2.24. The Morgan fingerprint density at radius 3 is 2.20 bits per heavy atom. The maximum atomic E-state index is 12.0. The number of ether oxygens (including phenoxy) is 2. The molecule has 0 radical (unpaired) electrons. The van der Waals surface area contributed by atoms with E-state index in [0.29, 0.717) is 17.3 Å². The zero-order valence-corrected chi connectivity index (χ0v) is 10.1. The van der Waals surface area contributed by atoms with Gasteiger partial charge in [-0.25, -0.2) is 4.98 Å². The Hall–Kier alpha value is -2.51. The van der Waals surface area contributed by atoms with Crippen molar-refractivity contribution in [1.82, 2.24) is 9.97 Å². The predicted molar refractivity (Wildman–Crippen MR) is 63.9 cm³/mol. The van der Waals surface area contributed by atoms with E-state index < -0.39 is 6.36 Å². The summed E-state index contributed by atoms with van der Waals surface area (Å²) in [6, 6.07) is 5.06. The van der Waals surface area contributed by atoms with Gasteiger partial charge in [0.2, 0.25) is 0 Å². The smallest absolute Gasteiger partial charge is 0.487 e. The highest BCUT2D eigenvalue weighted by molar-refractivity contribution is 5.31. The van der Waals surface area contributed by atoms with Crippen molar-refractivity contribution in [2.24, 2.45) is 0 Å². The first kappa shape index (κ1) is 13.9. The topological polar surface area (TPSA) is 70.3 Å². The van der Waals surface area contributed by atoms with E-state index in [2.05, 4.69) is 14.7 Å². The van der Waals surface area contributed by atoms with E-state index in [1.807, 2.05) is 0 Å². The summed E-state index contributed by atoms with van der Waals surface area (Å²) in [4.78, 5) is 7.81. The van der Waals surface area contributed by atoms with Gasteiger partial charge < -0.3 is 15.2 Å². The largest absolute Gasteiger partial charge is 0.573 e. The maximum Gasteiger partial charge on any atom is 0.573 e. The van der Waals surface area contributed by atoms with Crippen molar-refractivity contribution < 1.29 is 22.6 Å². The lowest BCUT2D eigenvalue weighted by molar-refractivity contribution is -0.274. The molecule has 1 aromatic carbocycles. The minimum atomic E-state index is -4.71. The van der Waals surface area contributed by atoms with Crippen LogP contribution in [0, 0.1) is 0 Å². The number of hydrogen-bond donors (Lipinski definition) is 1. The molecule has 0 unspecified atom stereocenters. The van der Waals surface area contributed by atoms with E-state index in [-0.39, 0.29) is 12.4 Å². The number of aromatic nitrogens is 2. The van der Waals surface area contributed by atoms with Crippen LogP contribution >= 0.6 is 0 Å². The molecule has 0 spiro atoms. The van der Waals surface area contributed by atoms with Crippen molar-refractivity contribution in [1.29, 1.82) is 0 Å². The Morgan fingerprint density at radius 1 is 1.00 bits per heavy atom. The quantitative estimate of drug-likeness (QED) is 0.934. The van der Waals surface area contributed by atoms with Crippen molar-refractivity contribution in [3.05, 3.63) is 42.4 Å². The Morgan fingerprint density at radius 2 is 1.65 bits per heavy atom. The van der Waals surface area contributed by atoms with Crippen LogP contribution in [0.3, 0.4) is 0 Å². The van der Waals surface area contributed by atoms with E-state index in [4.69, 9.17) is 10.5 Å². The fourth-order valence-electron chi connectivity index (χ4n) is 1.33. The second kappa shape index (κ2) is 5.64. The monoisotopic (exact) mass is 285 g/mol. The van der Waals surface area contributed by atoms with E-state index in [1.54, 1.807) is 0 Å². The Kier molecular flexibility index (Phi) is 3.92. The molecule has 2 N–H and O–H groups in total. The molecular formula is C12H10F3N3O2. The molecule has 0 aliphatic carbocycles. The normalized spacial score (nSPS) is 11.2. The van der Waals surface area contributed by atoms with E-state index in [1.165, 1.54) is 24.5 Å². The standard InChI is InChI=1S/C12H10F3N3O2/c13-12(14,15)20-10-3-1-9(2-4-10)19-7-8-5-18-11(16)6-17-8/h1-6H,7H2,(H2,16,18). The van der Waals surface area contributed by atoms with E-state index in [0.717, 1.165) is 12.1 Å². The molecule has 8 heteroatoms. The number of nitrogens with zero attached hydrogens (tertiary/aromatic N) is 2. The number of nitrogen functional groups attached to an aromatic ring is 1. The Bertz CT molecular complexity index is 556. The number of halogens is 3. The number of rotatable bonds is 4. The van der Waals surface area contributed by atoms with Gasteiger partial charge in [0, 0.05) is 0 Å². The first-order valence-electron chi connectivity index (χ1n) is 5.47. The minimum Gasteiger partial charge on any atom is -0.487 e. The van der Waals surface area contributed by atoms with Gasteiger partial charge in [-0.1, -0.05) is 0 Å². The fourth-order valence-corrected chi connectivity index (χ4v) is 1.33. The average Bonchev–Trinajstić information content (AvgIpc) is 2.38. The van der Waals surface area contributed by atoms with Crippen LogP contribution in [0.2, 0.25) is 0 Å². The second-order valence-electron chi connectivity index (χ2n) is 3.74. The van der Waals surface area contributed by atoms with Gasteiger partial charge in [-0.2, -0.15) is 0 Å². The number of alkyl halides is 3. The van der Waals surface area contributed by atoms with Gasteiger partial charge in [-0.3, -0.25) is 4.98 Å². The van der Waals surface area contributed by atoms with Crippen molar-refractivity contribution in [2.75, 3.05) is 5.73 Å². The van der Waals surface area contributed by atoms with Gasteiger partial charge in [0.25, 0.3) is 0 Å². The molecule has 0 aliphatic heterocycles. The first-order chi connectivity index (χ1) is 9.42. The highest BCUT2D eigenvalue weighted by atomic mass is 19.4. The predicted octanol–water partition coefficient (Wildman–Crippen LogP) is 2.54. The van der Waals surface area contributed by atoms with Crippen LogP contribution in [-0.4, -0.2) is 16.3 Å². The molecule has 0 atom stereocenters. The summed E-state index contributed by atoms with van der Waals surface area (Å²) >= 11 is 0. The first-order valence-corrected chi connectivity index (χ1v) is 5.47. The zero-order chi connectivity index (χ0) is 14.6. The number of nitrogens with two attached hydrogens (primary N) is 1. The summed E-state index contributed by atoms with van der Waals surface area (Å²) in [6.07, 6.45) is -1.86. The summed E-state index contributed by atoms with van der Waals surface area (Å²) < 4.78 is 45.0. The van der Waals surface area contributed by atoms with Crippen LogP contribution in [0.15, 0.2) is 36.7 Å². The molecule has 0 saturated heterocycles. The summed E-state index contributed by atoms with van der Waals surface area (Å²) in [5.41, 5.74) is 5.93. The molecule has 0 amide bonds. The molecule has 20 heavy (non-hydrogen) atoms. The minimum absolute atomic E-state index is 0.132. The zero-order valence-electron chi connectivity index (χ0n) is 10.1. The van der Waals surface area contributed by atoms with Crippen LogP contribution < -0.4 is 15.2 Å². The van der Waals surface area contributed by atoms with E-state index in [9.17, 15) is 13.2 Å². The number of benzene rings is 1. The maximum absolute atomic E-state index is 12.0. The molecule has 1 heterocycles. The molecule has 2 rings (SSSR count). The van der Waals surface area contributed by atoms with Gasteiger partial charge in [-0.05, 0) is 24.3 Å². The van der Waals surface area contributed by atoms with Gasteiger partial charge in [0.05, 0.1) is 18.1 Å². The number of hydrogen-bond acceptors (Lipinski definition) is 5. The van der Waals surface area contributed by atoms with Crippen molar-refractivity contribution in [3.8, 4) is 11.5 Å². The van der Waals surface area contributed by atoms with Gasteiger partial charge in [0.1, 0.15) is 23.9 Å². The molecular weight excluding hydrogens is 275 g/mol. The summed E-state index contributed by atoms with van der Waals surface area (Å²) in [7, 11) is 0. The molecule has 2 aromatic rings. The summed E-state index contributed by atoms with van der Waals surface area (Å²) in [5, 5.41) is 0. The third kappa shape index (κ3) is 4.30.